The highest BCUT2D eigenvalue weighted by atomic mass is 32.2. The van der Waals surface area contributed by atoms with Gasteiger partial charge in [-0.1, -0.05) is 12.1 Å². The lowest BCUT2D eigenvalue weighted by molar-refractivity contribution is 0.521. The molecule has 7 heteroatoms. The summed E-state index contributed by atoms with van der Waals surface area (Å²) in [5, 5.41) is 3.15. The number of aromatic nitrogens is 2. The predicted octanol–water partition coefficient (Wildman–Crippen LogP) is 1.31. The summed E-state index contributed by atoms with van der Waals surface area (Å²) >= 11 is 0. The summed E-state index contributed by atoms with van der Waals surface area (Å²) in [6.45, 7) is 0.605. The van der Waals surface area contributed by atoms with Crippen molar-refractivity contribution in [3.8, 4) is 0 Å². The number of para-hydroxylation sites is 1. The summed E-state index contributed by atoms with van der Waals surface area (Å²) in [4.78, 5) is 7.42. The molecule has 0 saturated heterocycles. The Labute approximate surface area is 118 Å². The average Bonchev–Trinajstić information content (AvgIpc) is 2.92. The minimum Gasteiger partial charge on any atom is -0.383 e. The number of H-pyrrole nitrogens is 1. The van der Waals surface area contributed by atoms with Gasteiger partial charge in [-0.2, -0.15) is 0 Å². The van der Waals surface area contributed by atoms with E-state index in [1.807, 2.05) is 6.07 Å². The van der Waals surface area contributed by atoms with E-state index in [1.165, 1.54) is 18.4 Å². The Morgan fingerprint density at radius 1 is 1.30 bits per heavy atom. The summed E-state index contributed by atoms with van der Waals surface area (Å²) in [6.07, 6.45) is 4.16. The summed E-state index contributed by atoms with van der Waals surface area (Å²) in [6, 6.07) is 6.89. The second-order valence-electron chi connectivity index (χ2n) is 4.50. The Hall–Kier alpha value is -1.86. The average molecular weight is 294 g/mol. The second kappa shape index (κ2) is 6.06. The number of rotatable bonds is 6. The van der Waals surface area contributed by atoms with Gasteiger partial charge in [0.2, 0.25) is 10.0 Å². The van der Waals surface area contributed by atoms with Gasteiger partial charge in [0.15, 0.2) is 0 Å². The Balaban J connectivity index is 2.12. The van der Waals surface area contributed by atoms with Crippen LogP contribution in [0.15, 0.2) is 41.6 Å². The van der Waals surface area contributed by atoms with Crippen LogP contribution in [0.4, 0.5) is 5.69 Å². The van der Waals surface area contributed by atoms with Crippen LogP contribution in [0.1, 0.15) is 5.82 Å². The molecule has 6 nitrogen and oxygen atoms in total. The molecule has 20 heavy (non-hydrogen) atoms. The van der Waals surface area contributed by atoms with Crippen molar-refractivity contribution in [2.24, 2.45) is 0 Å². The van der Waals surface area contributed by atoms with Crippen LogP contribution in [0.2, 0.25) is 0 Å². The number of nitrogens with one attached hydrogen (secondary N) is 2. The molecular formula is C13H18N4O2S. The highest BCUT2D eigenvalue weighted by Crippen LogP contribution is 2.22. The van der Waals surface area contributed by atoms with Crippen LogP contribution in [0, 0.1) is 0 Å². The quantitative estimate of drug-likeness (QED) is 0.842. The van der Waals surface area contributed by atoms with E-state index in [9.17, 15) is 8.42 Å². The van der Waals surface area contributed by atoms with Crippen molar-refractivity contribution < 1.29 is 8.42 Å². The van der Waals surface area contributed by atoms with Gasteiger partial charge < -0.3 is 10.3 Å². The molecule has 1 heterocycles. The second-order valence-corrected chi connectivity index (χ2v) is 6.62. The fourth-order valence-electron chi connectivity index (χ4n) is 1.78. The number of benzene rings is 1. The van der Waals surface area contributed by atoms with E-state index in [-0.39, 0.29) is 4.90 Å². The lowest BCUT2D eigenvalue weighted by Gasteiger charge is -2.15. The number of hydrogen-bond donors (Lipinski definition) is 2. The zero-order chi connectivity index (χ0) is 14.6. The molecule has 1 aromatic heterocycles. The number of nitrogens with zero attached hydrogens (tertiary/aromatic N) is 2. The lowest BCUT2D eigenvalue weighted by Crippen LogP contribution is -2.23. The van der Waals surface area contributed by atoms with Crippen LogP contribution in [-0.2, 0) is 16.4 Å². The van der Waals surface area contributed by atoms with Crippen LogP contribution >= 0.6 is 0 Å². The van der Waals surface area contributed by atoms with E-state index in [1.54, 1.807) is 30.6 Å². The van der Waals surface area contributed by atoms with Gasteiger partial charge in [-0.05, 0) is 12.1 Å². The highest BCUT2D eigenvalue weighted by molar-refractivity contribution is 7.89. The van der Waals surface area contributed by atoms with Gasteiger partial charge in [-0.3, -0.25) is 0 Å². The molecule has 0 unspecified atom stereocenters. The van der Waals surface area contributed by atoms with Crippen LogP contribution in [0.5, 0.6) is 0 Å². The minimum atomic E-state index is -3.44. The highest BCUT2D eigenvalue weighted by Gasteiger charge is 2.20. The number of anilines is 1. The summed E-state index contributed by atoms with van der Waals surface area (Å²) in [5.74, 6) is 0.866. The van der Waals surface area contributed by atoms with Gasteiger partial charge in [0.25, 0.3) is 0 Å². The number of sulfonamides is 1. The first-order chi connectivity index (χ1) is 9.51. The zero-order valence-electron chi connectivity index (χ0n) is 11.5. The van der Waals surface area contributed by atoms with E-state index < -0.39 is 10.0 Å². The number of hydrogen-bond acceptors (Lipinski definition) is 4. The van der Waals surface area contributed by atoms with Crippen molar-refractivity contribution in [2.45, 2.75) is 11.3 Å². The van der Waals surface area contributed by atoms with E-state index in [2.05, 4.69) is 15.3 Å². The van der Waals surface area contributed by atoms with Gasteiger partial charge in [-0.25, -0.2) is 17.7 Å². The van der Waals surface area contributed by atoms with E-state index >= 15 is 0 Å². The van der Waals surface area contributed by atoms with Crippen molar-refractivity contribution in [1.29, 1.82) is 0 Å². The molecule has 0 saturated carbocycles. The van der Waals surface area contributed by atoms with Crippen molar-refractivity contribution >= 4 is 15.7 Å². The Morgan fingerprint density at radius 2 is 2.05 bits per heavy atom. The standard InChI is InChI=1S/C13H18N4O2S/c1-17(2)20(18,19)12-6-4-3-5-11(12)14-8-7-13-15-9-10-16-13/h3-6,9-10,14H,7-8H2,1-2H3,(H,15,16). The van der Waals surface area contributed by atoms with Gasteiger partial charge >= 0.3 is 0 Å². The maximum absolute atomic E-state index is 12.2. The van der Waals surface area contributed by atoms with Crippen LogP contribution in [0.3, 0.4) is 0 Å². The van der Waals surface area contributed by atoms with Gasteiger partial charge in [0.05, 0.1) is 5.69 Å². The Bertz CT molecular complexity index is 651. The minimum absolute atomic E-state index is 0.282. The molecule has 0 aliphatic carbocycles. The van der Waals surface area contributed by atoms with Gasteiger partial charge in [0.1, 0.15) is 10.7 Å². The third-order valence-electron chi connectivity index (χ3n) is 2.88. The molecule has 0 aliphatic rings. The largest absolute Gasteiger partial charge is 0.383 e. The molecule has 0 aliphatic heterocycles. The molecule has 2 N–H and O–H groups in total. The topological polar surface area (TPSA) is 78.1 Å². The maximum atomic E-state index is 12.2. The van der Waals surface area contributed by atoms with Gasteiger partial charge in [0, 0.05) is 39.5 Å². The van der Waals surface area contributed by atoms with Crippen molar-refractivity contribution in [1.82, 2.24) is 14.3 Å². The summed E-state index contributed by atoms with van der Waals surface area (Å²) in [5.41, 5.74) is 0.604. The third-order valence-corrected chi connectivity index (χ3v) is 4.75. The van der Waals surface area contributed by atoms with Crippen molar-refractivity contribution in [3.05, 3.63) is 42.5 Å². The molecule has 0 radical (unpaired) electrons. The molecule has 108 valence electrons. The van der Waals surface area contributed by atoms with E-state index in [4.69, 9.17) is 0 Å². The van der Waals surface area contributed by atoms with Gasteiger partial charge in [-0.15, -0.1) is 0 Å². The SMILES string of the molecule is CN(C)S(=O)(=O)c1ccccc1NCCc1ncc[nH]1. The van der Waals surface area contributed by atoms with Crippen molar-refractivity contribution in [3.63, 3.8) is 0 Å². The fourth-order valence-corrected chi connectivity index (χ4v) is 2.85. The lowest BCUT2D eigenvalue weighted by atomic mass is 10.3. The molecule has 0 spiro atoms. The molecule has 0 fully saturated rings. The zero-order valence-corrected chi connectivity index (χ0v) is 12.3. The summed E-state index contributed by atoms with van der Waals surface area (Å²) in [7, 11) is -0.399. The molecule has 2 rings (SSSR count). The fraction of sp³-hybridized carbons (Fsp3) is 0.308. The molecule has 1 aromatic carbocycles. The van der Waals surface area contributed by atoms with Crippen LogP contribution in [0.25, 0.3) is 0 Å². The molecule has 2 aromatic rings. The normalized spacial score (nSPS) is 11.8. The first-order valence-electron chi connectivity index (χ1n) is 6.25. The number of imidazole rings is 1. The Morgan fingerprint density at radius 3 is 2.70 bits per heavy atom. The predicted molar refractivity (Wildman–Crippen MR) is 78.1 cm³/mol. The van der Waals surface area contributed by atoms with Crippen molar-refractivity contribution in [2.75, 3.05) is 26.0 Å². The smallest absolute Gasteiger partial charge is 0.244 e. The maximum Gasteiger partial charge on any atom is 0.244 e. The molecule has 0 bridgehead atoms. The monoisotopic (exact) mass is 294 g/mol. The Kier molecular flexibility index (Phi) is 4.41. The van der Waals surface area contributed by atoms with Crippen LogP contribution < -0.4 is 5.32 Å². The first-order valence-corrected chi connectivity index (χ1v) is 7.69. The number of aromatic amines is 1. The molecule has 0 amide bonds. The van der Waals surface area contributed by atoms with E-state index in [0.29, 0.717) is 18.7 Å². The van der Waals surface area contributed by atoms with Crippen LogP contribution in [-0.4, -0.2) is 43.3 Å². The third kappa shape index (κ3) is 3.17. The summed E-state index contributed by atoms with van der Waals surface area (Å²) < 4.78 is 25.6. The first kappa shape index (κ1) is 14.5. The molecular weight excluding hydrogens is 276 g/mol. The molecule has 0 atom stereocenters. The van der Waals surface area contributed by atoms with E-state index in [0.717, 1.165) is 5.82 Å².